The van der Waals surface area contributed by atoms with Gasteiger partial charge >= 0.3 is 0 Å². The van der Waals surface area contributed by atoms with E-state index in [0.29, 0.717) is 6.04 Å². The van der Waals surface area contributed by atoms with Crippen LogP contribution in [0.3, 0.4) is 0 Å². The number of halogens is 1. The second kappa shape index (κ2) is 7.01. The average Bonchev–Trinajstić information content (AvgIpc) is 2.59. The van der Waals surface area contributed by atoms with Crippen molar-refractivity contribution in [3.05, 3.63) is 16.9 Å². The molecule has 1 unspecified atom stereocenters. The van der Waals surface area contributed by atoms with Gasteiger partial charge in [-0.1, -0.05) is 19.8 Å². The van der Waals surface area contributed by atoms with Crippen LogP contribution in [0.15, 0.2) is 16.9 Å². The van der Waals surface area contributed by atoms with E-state index < -0.39 is 0 Å². The molecule has 86 valence electrons. The smallest absolute Gasteiger partial charge is 0.0632 e. The van der Waals surface area contributed by atoms with Crippen LogP contribution in [-0.2, 0) is 6.54 Å². The van der Waals surface area contributed by atoms with Crippen molar-refractivity contribution in [2.45, 2.75) is 45.7 Å². The molecule has 0 saturated heterocycles. The highest BCUT2D eigenvalue weighted by Gasteiger charge is 2.02. The molecule has 0 aromatic carbocycles. The predicted molar refractivity (Wildman–Crippen MR) is 66.9 cm³/mol. The average molecular weight is 274 g/mol. The summed E-state index contributed by atoms with van der Waals surface area (Å²) in [5.74, 6) is 0. The van der Waals surface area contributed by atoms with E-state index in [0.717, 1.165) is 17.6 Å². The number of aromatic nitrogens is 2. The molecule has 0 aliphatic heterocycles. The van der Waals surface area contributed by atoms with Crippen LogP contribution >= 0.6 is 15.9 Å². The lowest BCUT2D eigenvalue weighted by atomic mass is 10.2. The van der Waals surface area contributed by atoms with Crippen LogP contribution in [0, 0.1) is 0 Å². The minimum Gasteiger partial charge on any atom is -0.312 e. The molecule has 1 atom stereocenters. The molecule has 0 aliphatic rings. The molecule has 0 amide bonds. The van der Waals surface area contributed by atoms with E-state index in [4.69, 9.17) is 0 Å². The van der Waals surface area contributed by atoms with Gasteiger partial charge in [0.05, 0.1) is 17.2 Å². The first-order valence-corrected chi connectivity index (χ1v) is 6.43. The minimum absolute atomic E-state index is 0.480. The van der Waals surface area contributed by atoms with Gasteiger partial charge in [-0.3, -0.25) is 4.68 Å². The summed E-state index contributed by atoms with van der Waals surface area (Å²) in [5.41, 5.74) is 0. The van der Waals surface area contributed by atoms with Crippen molar-refractivity contribution >= 4 is 15.9 Å². The summed E-state index contributed by atoms with van der Waals surface area (Å²) in [4.78, 5) is 0. The summed E-state index contributed by atoms with van der Waals surface area (Å²) in [6.45, 7) is 6.46. The molecule has 0 spiro atoms. The van der Waals surface area contributed by atoms with Crippen molar-refractivity contribution in [1.82, 2.24) is 15.1 Å². The van der Waals surface area contributed by atoms with Crippen LogP contribution in [0.4, 0.5) is 0 Å². The van der Waals surface area contributed by atoms with Crippen molar-refractivity contribution < 1.29 is 0 Å². The third kappa shape index (κ3) is 5.33. The Morgan fingerprint density at radius 2 is 2.33 bits per heavy atom. The van der Waals surface area contributed by atoms with E-state index >= 15 is 0 Å². The molecule has 0 saturated carbocycles. The molecule has 0 fully saturated rings. The zero-order valence-electron chi connectivity index (χ0n) is 9.54. The number of hydrogen-bond acceptors (Lipinski definition) is 2. The number of nitrogens with zero attached hydrogens (tertiary/aromatic N) is 2. The fourth-order valence-electron chi connectivity index (χ4n) is 1.51. The lowest BCUT2D eigenvalue weighted by Crippen LogP contribution is -2.31. The maximum atomic E-state index is 4.23. The first-order valence-electron chi connectivity index (χ1n) is 5.63. The minimum atomic E-state index is 0.480. The van der Waals surface area contributed by atoms with Gasteiger partial charge < -0.3 is 5.32 Å². The summed E-state index contributed by atoms with van der Waals surface area (Å²) in [5, 5.41) is 7.73. The third-order valence-corrected chi connectivity index (χ3v) is 2.75. The Morgan fingerprint density at radius 3 is 2.93 bits per heavy atom. The van der Waals surface area contributed by atoms with E-state index in [1.54, 1.807) is 0 Å². The Bertz CT molecular complexity index is 273. The van der Waals surface area contributed by atoms with Gasteiger partial charge in [0.15, 0.2) is 0 Å². The van der Waals surface area contributed by atoms with Crippen LogP contribution in [0.2, 0.25) is 0 Å². The van der Waals surface area contributed by atoms with Gasteiger partial charge in [0.1, 0.15) is 0 Å². The van der Waals surface area contributed by atoms with Crippen LogP contribution in [0.25, 0.3) is 0 Å². The molecular formula is C11H20BrN3. The molecule has 0 radical (unpaired) electrons. The molecule has 4 heteroatoms. The van der Waals surface area contributed by atoms with Crippen molar-refractivity contribution in [1.29, 1.82) is 0 Å². The molecule has 15 heavy (non-hydrogen) atoms. The highest BCUT2D eigenvalue weighted by Crippen LogP contribution is 2.06. The number of rotatable bonds is 7. The Morgan fingerprint density at radius 1 is 1.53 bits per heavy atom. The molecule has 0 aliphatic carbocycles. The highest BCUT2D eigenvalue weighted by molar-refractivity contribution is 9.10. The summed E-state index contributed by atoms with van der Waals surface area (Å²) in [6.07, 6.45) is 7.69. The number of nitrogens with one attached hydrogen (secondary N) is 1. The Labute approximate surface area is 100 Å². The summed E-state index contributed by atoms with van der Waals surface area (Å²) in [7, 11) is 0. The van der Waals surface area contributed by atoms with Gasteiger partial charge in [-0.25, -0.2) is 0 Å². The molecule has 1 aromatic rings. The lowest BCUT2D eigenvalue weighted by Gasteiger charge is -2.13. The van der Waals surface area contributed by atoms with Crippen LogP contribution < -0.4 is 5.32 Å². The zero-order chi connectivity index (χ0) is 11.1. The summed E-state index contributed by atoms with van der Waals surface area (Å²) < 4.78 is 3.00. The summed E-state index contributed by atoms with van der Waals surface area (Å²) in [6, 6.07) is 0.480. The molecule has 1 aromatic heterocycles. The van der Waals surface area contributed by atoms with Crippen molar-refractivity contribution in [2.24, 2.45) is 0 Å². The van der Waals surface area contributed by atoms with Crippen LogP contribution in [0.1, 0.15) is 33.1 Å². The molecule has 1 N–H and O–H groups in total. The van der Waals surface area contributed by atoms with E-state index in [1.807, 2.05) is 17.1 Å². The monoisotopic (exact) mass is 273 g/mol. The first kappa shape index (κ1) is 12.7. The maximum absolute atomic E-state index is 4.23. The largest absolute Gasteiger partial charge is 0.312 e. The Kier molecular flexibility index (Phi) is 5.95. The fraction of sp³-hybridized carbons (Fsp3) is 0.727. The molecule has 1 rings (SSSR count). The fourth-order valence-corrected chi connectivity index (χ4v) is 1.83. The van der Waals surface area contributed by atoms with Crippen molar-refractivity contribution in [3.8, 4) is 0 Å². The van der Waals surface area contributed by atoms with E-state index in [1.165, 1.54) is 19.3 Å². The standard InChI is InChI=1S/C11H20BrN3/c1-3-4-5-6-13-10(2)8-15-9-11(12)7-14-15/h7,9-10,13H,3-6,8H2,1-2H3. The highest BCUT2D eigenvalue weighted by atomic mass is 79.9. The topological polar surface area (TPSA) is 29.9 Å². The predicted octanol–water partition coefficient (Wildman–Crippen LogP) is 2.81. The second-order valence-corrected chi connectivity index (χ2v) is 4.86. The van der Waals surface area contributed by atoms with Crippen LogP contribution in [0.5, 0.6) is 0 Å². The van der Waals surface area contributed by atoms with Gasteiger partial charge in [-0.15, -0.1) is 0 Å². The van der Waals surface area contributed by atoms with Crippen molar-refractivity contribution in [3.63, 3.8) is 0 Å². The van der Waals surface area contributed by atoms with E-state index in [2.05, 4.69) is 40.2 Å². The molecule has 3 nitrogen and oxygen atoms in total. The SMILES string of the molecule is CCCCCNC(C)Cn1cc(Br)cn1. The summed E-state index contributed by atoms with van der Waals surface area (Å²) >= 11 is 3.39. The normalized spacial score (nSPS) is 13.0. The van der Waals surface area contributed by atoms with Gasteiger partial charge in [0.25, 0.3) is 0 Å². The van der Waals surface area contributed by atoms with Crippen molar-refractivity contribution in [2.75, 3.05) is 6.54 Å². The third-order valence-electron chi connectivity index (χ3n) is 2.34. The molecular weight excluding hydrogens is 254 g/mol. The zero-order valence-corrected chi connectivity index (χ0v) is 11.1. The maximum Gasteiger partial charge on any atom is 0.0632 e. The Balaban J connectivity index is 2.15. The van der Waals surface area contributed by atoms with Gasteiger partial charge in [0.2, 0.25) is 0 Å². The van der Waals surface area contributed by atoms with Crippen LogP contribution in [-0.4, -0.2) is 22.4 Å². The van der Waals surface area contributed by atoms with Gasteiger partial charge in [0, 0.05) is 12.2 Å². The number of hydrogen-bond donors (Lipinski definition) is 1. The molecule has 0 bridgehead atoms. The lowest BCUT2D eigenvalue weighted by molar-refractivity contribution is 0.444. The van der Waals surface area contributed by atoms with E-state index in [9.17, 15) is 0 Å². The second-order valence-electron chi connectivity index (χ2n) is 3.94. The molecule has 1 heterocycles. The Hall–Kier alpha value is -0.350. The number of unbranched alkanes of at least 4 members (excludes halogenated alkanes) is 2. The van der Waals surface area contributed by atoms with Gasteiger partial charge in [-0.2, -0.15) is 5.10 Å². The quantitative estimate of drug-likeness (QED) is 0.775. The first-order chi connectivity index (χ1) is 7.22. The van der Waals surface area contributed by atoms with Gasteiger partial charge in [-0.05, 0) is 35.8 Å². The van der Waals surface area contributed by atoms with E-state index in [-0.39, 0.29) is 0 Å².